The van der Waals surface area contributed by atoms with Crippen LogP contribution in [0.3, 0.4) is 0 Å². The van der Waals surface area contributed by atoms with Gasteiger partial charge in [-0.1, -0.05) is 0 Å². The standard InChI is InChI=1S/C5H5N3.2ClH.Co/c6-4-2-1-3-8-5(4)7;;;/h1-3,6-7H;2*1H;/q;;;+2/p-2. The average Bonchev–Trinajstić information content (AvgIpc) is 1.97. The zero-order valence-corrected chi connectivity index (χ0v) is 7.82. The molecule has 0 spiro atoms. The van der Waals surface area contributed by atoms with Crippen molar-refractivity contribution < 1.29 is 12.9 Å². The van der Waals surface area contributed by atoms with E-state index in [2.05, 4.69) is 4.99 Å². The summed E-state index contributed by atoms with van der Waals surface area (Å²) in [5.41, 5.74) is 0.174. The molecule has 1 rings (SSSR count). The maximum absolute atomic E-state index is 6.97. The van der Waals surface area contributed by atoms with Gasteiger partial charge in [0, 0.05) is 6.21 Å². The van der Waals surface area contributed by atoms with Gasteiger partial charge in [0.15, 0.2) is 5.84 Å². The van der Waals surface area contributed by atoms with Crippen molar-refractivity contribution in [2.24, 2.45) is 4.99 Å². The number of aliphatic imine (C=N–C) groups is 1. The first-order valence-corrected chi connectivity index (χ1v) is 5.30. The second-order valence-corrected chi connectivity index (χ2v) is 3.17. The Hall–Kier alpha value is -0.164. The van der Waals surface area contributed by atoms with Crippen LogP contribution in [0.15, 0.2) is 17.1 Å². The Morgan fingerprint density at radius 3 is 2.18 bits per heavy atom. The molecule has 1 aliphatic heterocycles. The van der Waals surface area contributed by atoms with Crippen LogP contribution in [0, 0.1) is 10.8 Å². The van der Waals surface area contributed by atoms with Crippen LogP contribution in [0.1, 0.15) is 0 Å². The van der Waals surface area contributed by atoms with Crippen LogP contribution in [-0.4, -0.2) is 17.8 Å². The number of dihydropyridines is 1. The van der Waals surface area contributed by atoms with E-state index in [9.17, 15) is 0 Å². The number of nitrogens with one attached hydrogen (secondary N) is 2. The van der Waals surface area contributed by atoms with Crippen molar-refractivity contribution in [3.8, 4) is 0 Å². The second-order valence-electron chi connectivity index (χ2n) is 1.45. The van der Waals surface area contributed by atoms with Gasteiger partial charge in [0.05, 0.1) is 5.71 Å². The SMILES string of the molecule is N=C1C=CC=NC1=N.[Cl][Co][Cl]. The molecular formula is C5H5Cl2CoN3. The molecule has 0 saturated carbocycles. The molecule has 0 aliphatic carbocycles. The van der Waals surface area contributed by atoms with Crippen LogP contribution in [-0.2, 0) is 12.9 Å². The summed E-state index contributed by atoms with van der Waals surface area (Å²) < 4.78 is 0. The van der Waals surface area contributed by atoms with Crippen LogP contribution in [0.4, 0.5) is 0 Å². The van der Waals surface area contributed by atoms with E-state index in [-0.39, 0.29) is 11.5 Å². The molecule has 0 fully saturated rings. The van der Waals surface area contributed by atoms with E-state index in [0.717, 1.165) is 0 Å². The Morgan fingerprint density at radius 2 is 1.91 bits per heavy atom. The molecule has 11 heavy (non-hydrogen) atoms. The molecule has 6 heteroatoms. The van der Waals surface area contributed by atoms with Crippen molar-refractivity contribution in [1.82, 2.24) is 0 Å². The van der Waals surface area contributed by atoms with E-state index in [0.29, 0.717) is 12.9 Å². The van der Waals surface area contributed by atoms with Crippen LogP contribution in [0.25, 0.3) is 0 Å². The molecule has 0 saturated heterocycles. The third-order valence-electron chi connectivity index (χ3n) is 0.808. The maximum atomic E-state index is 6.97. The monoisotopic (exact) mass is 236 g/mol. The van der Waals surface area contributed by atoms with E-state index in [4.69, 9.17) is 31.1 Å². The summed E-state index contributed by atoms with van der Waals surface area (Å²) in [6.07, 6.45) is 4.68. The van der Waals surface area contributed by atoms with Gasteiger partial charge in [-0.05, 0) is 12.2 Å². The Bertz CT molecular complexity index is 190. The summed E-state index contributed by atoms with van der Waals surface area (Å²) in [6.45, 7) is 0. The minimum atomic E-state index is 0.0347. The first-order chi connectivity index (χ1) is 5.22. The molecule has 0 amide bonds. The van der Waals surface area contributed by atoms with Crippen LogP contribution >= 0.6 is 20.3 Å². The molecule has 1 heterocycles. The Morgan fingerprint density at radius 1 is 1.36 bits per heavy atom. The van der Waals surface area contributed by atoms with Crippen LogP contribution in [0.2, 0.25) is 0 Å². The van der Waals surface area contributed by atoms with Gasteiger partial charge in [0.25, 0.3) is 0 Å². The van der Waals surface area contributed by atoms with Crippen molar-refractivity contribution >= 4 is 38.1 Å². The number of hydrogen-bond donors (Lipinski definition) is 2. The second kappa shape index (κ2) is 6.54. The number of rotatable bonds is 0. The molecule has 3 nitrogen and oxygen atoms in total. The Balaban J connectivity index is 0.000000292. The fourth-order valence-electron chi connectivity index (χ4n) is 0.405. The zero-order valence-electron chi connectivity index (χ0n) is 5.27. The molecule has 2 N–H and O–H groups in total. The molecule has 1 aliphatic rings. The number of nitrogens with zero attached hydrogens (tertiary/aromatic N) is 1. The quantitative estimate of drug-likeness (QED) is 0.647. The predicted octanol–water partition coefficient (Wildman–Crippen LogP) is 2.00. The van der Waals surface area contributed by atoms with Gasteiger partial charge in [-0.2, -0.15) is 0 Å². The molecule has 0 aromatic rings. The molecular weight excluding hydrogens is 232 g/mol. The van der Waals surface area contributed by atoms with Crippen molar-refractivity contribution in [3.05, 3.63) is 12.2 Å². The van der Waals surface area contributed by atoms with Crippen LogP contribution in [0.5, 0.6) is 0 Å². The van der Waals surface area contributed by atoms with E-state index >= 15 is 0 Å². The van der Waals surface area contributed by atoms with Crippen LogP contribution < -0.4 is 0 Å². The molecule has 0 radical (unpaired) electrons. The Kier molecular flexibility index (Phi) is 6.44. The van der Waals surface area contributed by atoms with Gasteiger partial charge in [-0.25, -0.2) is 4.99 Å². The summed E-state index contributed by atoms with van der Waals surface area (Å²) >= 11 is 0.382. The summed E-state index contributed by atoms with van der Waals surface area (Å²) in [5, 5.41) is 13.9. The van der Waals surface area contributed by atoms with E-state index in [1.54, 1.807) is 6.08 Å². The summed E-state index contributed by atoms with van der Waals surface area (Å²) in [7, 11) is 9.47. The molecule has 63 valence electrons. The van der Waals surface area contributed by atoms with Gasteiger partial charge in [0.2, 0.25) is 0 Å². The van der Waals surface area contributed by atoms with Crippen molar-refractivity contribution in [1.29, 1.82) is 10.8 Å². The normalized spacial score (nSPS) is 14.7. The molecule has 0 aromatic heterocycles. The van der Waals surface area contributed by atoms with Crippen molar-refractivity contribution in [2.45, 2.75) is 0 Å². The topological polar surface area (TPSA) is 60.1 Å². The number of hydrogen-bond acceptors (Lipinski definition) is 2. The number of halogens is 2. The first-order valence-electron chi connectivity index (χ1n) is 2.44. The molecule has 0 aromatic carbocycles. The zero-order chi connectivity index (χ0) is 8.69. The summed E-state index contributed by atoms with van der Waals surface area (Å²) in [5.74, 6) is 0.0347. The van der Waals surface area contributed by atoms with Gasteiger partial charge in [0.1, 0.15) is 0 Å². The fourth-order valence-corrected chi connectivity index (χ4v) is 0.405. The average molecular weight is 237 g/mol. The summed E-state index contributed by atoms with van der Waals surface area (Å²) in [6, 6.07) is 0. The number of amidine groups is 1. The third kappa shape index (κ3) is 5.14. The fraction of sp³-hybridized carbons (Fsp3) is 0. The third-order valence-corrected chi connectivity index (χ3v) is 0.808. The first kappa shape index (κ1) is 10.8. The van der Waals surface area contributed by atoms with Crippen molar-refractivity contribution in [2.75, 3.05) is 0 Å². The minimum absolute atomic E-state index is 0.0347. The summed E-state index contributed by atoms with van der Waals surface area (Å²) in [4.78, 5) is 3.56. The van der Waals surface area contributed by atoms with Gasteiger partial charge < -0.3 is 0 Å². The van der Waals surface area contributed by atoms with E-state index < -0.39 is 0 Å². The number of allylic oxidation sites excluding steroid dienone is 1. The van der Waals surface area contributed by atoms with E-state index in [1.165, 1.54) is 12.3 Å². The molecule has 0 bridgehead atoms. The van der Waals surface area contributed by atoms with Gasteiger partial charge in [-0.15, -0.1) is 0 Å². The molecule has 0 unspecified atom stereocenters. The Labute approximate surface area is 79.0 Å². The van der Waals surface area contributed by atoms with Gasteiger partial charge >= 0.3 is 33.2 Å². The van der Waals surface area contributed by atoms with Crippen molar-refractivity contribution in [3.63, 3.8) is 0 Å². The van der Waals surface area contributed by atoms with Gasteiger partial charge in [-0.3, -0.25) is 10.8 Å². The van der Waals surface area contributed by atoms with E-state index in [1.807, 2.05) is 0 Å². The predicted molar refractivity (Wildman–Crippen MR) is 44.8 cm³/mol. The molecule has 0 atom stereocenters.